The maximum absolute atomic E-state index is 14.0. The molecule has 1 aromatic rings. The quantitative estimate of drug-likeness (QED) is 0.690. The summed E-state index contributed by atoms with van der Waals surface area (Å²) < 4.78 is 45.3. The second-order valence-corrected chi connectivity index (χ2v) is 10.1. The molecule has 1 amide bonds. The fourth-order valence-corrected chi connectivity index (χ4v) is 5.93. The Bertz CT molecular complexity index is 835. The van der Waals surface area contributed by atoms with Crippen molar-refractivity contribution < 1.29 is 22.7 Å². The van der Waals surface area contributed by atoms with Gasteiger partial charge in [-0.3, -0.25) is 4.79 Å². The lowest BCUT2D eigenvalue weighted by Crippen LogP contribution is -2.50. The fraction of sp³-hybridized carbons (Fsp3) is 0.720. The number of carbonyl (C=O) groups is 1. The molecule has 1 aliphatic carbocycles. The Morgan fingerprint density at radius 1 is 1.19 bits per heavy atom. The van der Waals surface area contributed by atoms with Crippen molar-refractivity contribution in [1.82, 2.24) is 10.2 Å². The van der Waals surface area contributed by atoms with Gasteiger partial charge in [0.2, 0.25) is 5.91 Å². The van der Waals surface area contributed by atoms with Crippen LogP contribution in [0.2, 0.25) is 0 Å². The first-order chi connectivity index (χ1) is 15.1. The van der Waals surface area contributed by atoms with Crippen LogP contribution in [0.4, 0.5) is 13.2 Å². The van der Waals surface area contributed by atoms with E-state index in [0.29, 0.717) is 30.6 Å². The standard InChI is InChI=1S/C25H35F3N2O2/c1-16(2)24(10-6-21(15-24)29-20-8-12-32-13-9-20)23(31)30-11-7-18-4-5-19(25(26,27)28)14-22(18)17(30)3/h4-5,14,16-17,20-21,29H,6-13,15H2,1-3H3/t17?,21-,24+/m1/s1. The molecular formula is C25H35F3N2O2. The number of nitrogens with zero attached hydrogens (tertiary/aromatic N) is 1. The summed E-state index contributed by atoms with van der Waals surface area (Å²) >= 11 is 0. The minimum absolute atomic E-state index is 0.110. The van der Waals surface area contributed by atoms with E-state index in [0.717, 1.165) is 56.9 Å². The van der Waals surface area contributed by atoms with Crippen molar-refractivity contribution >= 4 is 5.91 Å². The highest BCUT2D eigenvalue weighted by Gasteiger charge is 2.50. The van der Waals surface area contributed by atoms with E-state index >= 15 is 0 Å². The first kappa shape index (κ1) is 23.6. The van der Waals surface area contributed by atoms with Crippen LogP contribution in [0.15, 0.2) is 18.2 Å². The Kier molecular flexibility index (Phi) is 6.61. The number of hydrogen-bond acceptors (Lipinski definition) is 3. The minimum atomic E-state index is -4.38. The van der Waals surface area contributed by atoms with Crippen LogP contribution in [0.5, 0.6) is 0 Å². The highest BCUT2D eigenvalue weighted by molar-refractivity contribution is 5.84. The first-order valence-corrected chi connectivity index (χ1v) is 12.0. The van der Waals surface area contributed by atoms with E-state index < -0.39 is 17.2 Å². The molecule has 1 aromatic carbocycles. The van der Waals surface area contributed by atoms with Gasteiger partial charge in [-0.05, 0) is 74.6 Å². The molecule has 3 aliphatic rings. The summed E-state index contributed by atoms with van der Waals surface area (Å²) in [6, 6.07) is 4.36. The minimum Gasteiger partial charge on any atom is -0.381 e. The van der Waals surface area contributed by atoms with Crippen molar-refractivity contribution in [2.24, 2.45) is 11.3 Å². The van der Waals surface area contributed by atoms with Crippen LogP contribution in [0.25, 0.3) is 0 Å². The van der Waals surface area contributed by atoms with Gasteiger partial charge in [0.1, 0.15) is 0 Å². The SMILES string of the molecule is CC1c2cc(C(F)(F)F)ccc2CCN1C(=O)[C@@]1(C(C)C)CC[C@@H](NC2CCOCC2)C1. The van der Waals surface area contributed by atoms with Crippen molar-refractivity contribution in [3.63, 3.8) is 0 Å². The molecule has 2 heterocycles. The van der Waals surface area contributed by atoms with Gasteiger partial charge in [-0.1, -0.05) is 19.9 Å². The molecule has 1 saturated heterocycles. The molecule has 1 unspecified atom stereocenters. The molecule has 1 saturated carbocycles. The molecule has 2 fully saturated rings. The van der Waals surface area contributed by atoms with Crippen LogP contribution in [0.3, 0.4) is 0 Å². The van der Waals surface area contributed by atoms with Crippen molar-refractivity contribution in [3.8, 4) is 0 Å². The van der Waals surface area contributed by atoms with E-state index in [1.54, 1.807) is 6.07 Å². The van der Waals surface area contributed by atoms with Gasteiger partial charge in [0.05, 0.1) is 17.0 Å². The molecule has 1 N–H and O–H groups in total. The Balaban J connectivity index is 1.53. The maximum Gasteiger partial charge on any atom is 0.416 e. The number of alkyl halides is 3. The average Bonchev–Trinajstić information content (AvgIpc) is 3.19. The van der Waals surface area contributed by atoms with Gasteiger partial charge in [0.25, 0.3) is 0 Å². The molecule has 7 heteroatoms. The molecule has 178 valence electrons. The van der Waals surface area contributed by atoms with Crippen LogP contribution >= 0.6 is 0 Å². The predicted octanol–water partition coefficient (Wildman–Crippen LogP) is 5.11. The molecule has 0 spiro atoms. The Morgan fingerprint density at radius 2 is 1.91 bits per heavy atom. The predicted molar refractivity (Wildman–Crippen MR) is 117 cm³/mol. The van der Waals surface area contributed by atoms with Gasteiger partial charge in [-0.15, -0.1) is 0 Å². The maximum atomic E-state index is 14.0. The van der Waals surface area contributed by atoms with Crippen molar-refractivity contribution in [1.29, 1.82) is 0 Å². The summed E-state index contributed by atoms with van der Waals surface area (Å²) in [6.07, 6.45) is 0.790. The normalized spacial score (nSPS) is 29.4. The monoisotopic (exact) mass is 452 g/mol. The van der Waals surface area contributed by atoms with Gasteiger partial charge in [0.15, 0.2) is 0 Å². The lowest BCUT2D eigenvalue weighted by atomic mass is 9.73. The number of halogens is 3. The molecule has 0 radical (unpaired) electrons. The Hall–Kier alpha value is -1.60. The van der Waals surface area contributed by atoms with E-state index in [2.05, 4.69) is 19.2 Å². The Labute approximate surface area is 188 Å². The number of amides is 1. The number of rotatable bonds is 4. The summed E-state index contributed by atoms with van der Waals surface area (Å²) in [5.74, 6) is 0.283. The van der Waals surface area contributed by atoms with Gasteiger partial charge in [0, 0.05) is 31.8 Å². The smallest absolute Gasteiger partial charge is 0.381 e. The lowest BCUT2D eigenvalue weighted by molar-refractivity contribution is -0.147. The van der Waals surface area contributed by atoms with Gasteiger partial charge in [-0.2, -0.15) is 13.2 Å². The van der Waals surface area contributed by atoms with E-state index in [1.165, 1.54) is 6.07 Å². The second-order valence-electron chi connectivity index (χ2n) is 10.1. The van der Waals surface area contributed by atoms with Crippen molar-refractivity contribution in [2.75, 3.05) is 19.8 Å². The zero-order chi connectivity index (χ0) is 23.1. The number of fused-ring (bicyclic) bond motifs is 1. The number of hydrogen-bond donors (Lipinski definition) is 1. The largest absolute Gasteiger partial charge is 0.416 e. The molecule has 3 atom stereocenters. The summed E-state index contributed by atoms with van der Waals surface area (Å²) in [5, 5.41) is 3.76. The fourth-order valence-electron chi connectivity index (χ4n) is 5.93. The molecule has 4 rings (SSSR count). The third-order valence-corrected chi connectivity index (χ3v) is 8.05. The van der Waals surface area contributed by atoms with Crippen LogP contribution in [-0.4, -0.2) is 42.6 Å². The molecule has 32 heavy (non-hydrogen) atoms. The Morgan fingerprint density at radius 3 is 2.56 bits per heavy atom. The van der Waals surface area contributed by atoms with Crippen LogP contribution in [0, 0.1) is 11.3 Å². The van der Waals surface area contributed by atoms with E-state index in [9.17, 15) is 18.0 Å². The zero-order valence-electron chi connectivity index (χ0n) is 19.3. The number of carbonyl (C=O) groups excluding carboxylic acids is 1. The van der Waals surface area contributed by atoms with Crippen LogP contribution in [0.1, 0.15) is 75.6 Å². The molecule has 0 bridgehead atoms. The summed E-state index contributed by atoms with van der Waals surface area (Å²) in [4.78, 5) is 15.8. The highest BCUT2D eigenvalue weighted by Crippen LogP contribution is 2.48. The molecule has 4 nitrogen and oxygen atoms in total. The number of ether oxygens (including phenoxy) is 1. The van der Waals surface area contributed by atoms with E-state index in [4.69, 9.17) is 4.74 Å². The molecule has 0 aromatic heterocycles. The second kappa shape index (κ2) is 8.98. The van der Waals surface area contributed by atoms with Crippen molar-refractivity contribution in [2.45, 2.75) is 83.6 Å². The number of benzene rings is 1. The van der Waals surface area contributed by atoms with E-state index in [1.807, 2.05) is 11.8 Å². The lowest BCUT2D eigenvalue weighted by Gasteiger charge is -2.43. The third-order valence-electron chi connectivity index (χ3n) is 8.05. The highest BCUT2D eigenvalue weighted by atomic mass is 19.4. The molecule has 2 aliphatic heterocycles. The zero-order valence-corrected chi connectivity index (χ0v) is 19.3. The van der Waals surface area contributed by atoms with Gasteiger partial charge in [-0.25, -0.2) is 0 Å². The first-order valence-electron chi connectivity index (χ1n) is 12.0. The van der Waals surface area contributed by atoms with Crippen molar-refractivity contribution in [3.05, 3.63) is 34.9 Å². The topological polar surface area (TPSA) is 41.6 Å². The van der Waals surface area contributed by atoms with Gasteiger partial charge < -0.3 is 15.0 Å². The summed E-state index contributed by atoms with van der Waals surface area (Å²) in [5.41, 5.74) is 0.445. The third kappa shape index (κ3) is 4.43. The summed E-state index contributed by atoms with van der Waals surface area (Å²) in [6.45, 7) is 8.21. The van der Waals surface area contributed by atoms with Gasteiger partial charge >= 0.3 is 6.18 Å². The number of nitrogens with one attached hydrogen (secondary N) is 1. The van der Waals surface area contributed by atoms with E-state index in [-0.39, 0.29) is 17.9 Å². The van der Waals surface area contributed by atoms with Crippen LogP contribution in [-0.2, 0) is 22.1 Å². The molecular weight excluding hydrogens is 417 g/mol. The summed E-state index contributed by atoms with van der Waals surface area (Å²) in [7, 11) is 0. The van der Waals surface area contributed by atoms with Crippen LogP contribution < -0.4 is 5.32 Å². The average molecular weight is 453 g/mol.